The first-order valence-corrected chi connectivity index (χ1v) is 7.60. The molecular formula is C18H21NO2. The maximum atomic E-state index is 5.90. The molecule has 2 aromatic carbocycles. The normalized spacial score (nSPS) is 13.1. The van der Waals surface area contributed by atoms with E-state index in [1.807, 2.05) is 36.4 Å². The molecule has 0 bridgehead atoms. The van der Waals surface area contributed by atoms with E-state index < -0.39 is 0 Å². The van der Waals surface area contributed by atoms with Crippen LogP contribution in [0.3, 0.4) is 0 Å². The van der Waals surface area contributed by atoms with Crippen LogP contribution in [0.25, 0.3) is 0 Å². The van der Waals surface area contributed by atoms with Gasteiger partial charge in [0.2, 0.25) is 0 Å². The highest BCUT2D eigenvalue weighted by atomic mass is 16.5. The molecule has 0 unspecified atom stereocenters. The molecule has 0 saturated heterocycles. The molecule has 0 spiro atoms. The highest BCUT2D eigenvalue weighted by Gasteiger charge is 2.12. The molecular weight excluding hydrogens is 262 g/mol. The summed E-state index contributed by atoms with van der Waals surface area (Å²) in [7, 11) is 0. The number of fused-ring (bicyclic) bond motifs is 1. The number of hydrogen-bond donors (Lipinski definition) is 1. The minimum atomic E-state index is 0.672. The van der Waals surface area contributed by atoms with E-state index in [0.29, 0.717) is 13.2 Å². The molecule has 110 valence electrons. The van der Waals surface area contributed by atoms with Crippen molar-refractivity contribution in [1.29, 1.82) is 0 Å². The average molecular weight is 283 g/mol. The second-order valence-corrected chi connectivity index (χ2v) is 5.18. The molecule has 0 radical (unpaired) electrons. The van der Waals surface area contributed by atoms with E-state index in [1.54, 1.807) is 0 Å². The number of rotatable bonds is 6. The number of ether oxygens (including phenoxy) is 2. The largest absolute Gasteiger partial charge is 0.493 e. The third-order valence-corrected chi connectivity index (χ3v) is 3.60. The van der Waals surface area contributed by atoms with Crippen LogP contribution in [0.1, 0.15) is 18.4 Å². The molecule has 3 rings (SSSR count). The monoisotopic (exact) mass is 283 g/mol. The number of aryl methyl sites for hydroxylation is 1. The molecule has 0 aliphatic carbocycles. The van der Waals surface area contributed by atoms with Gasteiger partial charge >= 0.3 is 0 Å². The summed E-state index contributed by atoms with van der Waals surface area (Å²) in [5, 5.41) is 3.44. The van der Waals surface area contributed by atoms with Gasteiger partial charge in [-0.2, -0.15) is 0 Å². The maximum Gasteiger partial charge on any atom is 0.142 e. The number of nitrogens with one attached hydrogen (secondary N) is 1. The number of hydrogen-bond acceptors (Lipinski definition) is 3. The van der Waals surface area contributed by atoms with E-state index in [-0.39, 0.29) is 0 Å². The van der Waals surface area contributed by atoms with Crippen LogP contribution in [0.4, 0.5) is 5.69 Å². The fourth-order valence-corrected chi connectivity index (χ4v) is 2.55. The SMILES string of the molecule is c1ccc(OCCCOc2cccc3c2NCCC3)cc1. The lowest BCUT2D eigenvalue weighted by Gasteiger charge is -2.21. The topological polar surface area (TPSA) is 30.5 Å². The van der Waals surface area contributed by atoms with Gasteiger partial charge in [0.25, 0.3) is 0 Å². The molecule has 1 aliphatic heterocycles. The number of benzene rings is 2. The molecule has 3 heteroatoms. The Morgan fingerprint density at radius 3 is 2.67 bits per heavy atom. The Morgan fingerprint density at radius 1 is 0.905 bits per heavy atom. The molecule has 0 saturated carbocycles. The first-order chi connectivity index (χ1) is 10.4. The van der Waals surface area contributed by atoms with Crippen molar-refractivity contribution in [3.63, 3.8) is 0 Å². The summed E-state index contributed by atoms with van der Waals surface area (Å²) in [5.41, 5.74) is 2.53. The van der Waals surface area contributed by atoms with Crippen LogP contribution in [0.15, 0.2) is 48.5 Å². The third-order valence-electron chi connectivity index (χ3n) is 3.60. The summed E-state index contributed by atoms with van der Waals surface area (Å²) >= 11 is 0. The molecule has 0 fully saturated rings. The van der Waals surface area contributed by atoms with Gasteiger partial charge in [0.05, 0.1) is 18.9 Å². The summed E-state index contributed by atoms with van der Waals surface area (Å²) in [6.45, 7) is 2.38. The Labute approximate surface area is 125 Å². The summed E-state index contributed by atoms with van der Waals surface area (Å²) in [5.74, 6) is 1.88. The lowest BCUT2D eigenvalue weighted by molar-refractivity contribution is 0.248. The third kappa shape index (κ3) is 3.69. The smallest absolute Gasteiger partial charge is 0.142 e. The van der Waals surface area contributed by atoms with Crippen LogP contribution in [0.2, 0.25) is 0 Å². The molecule has 1 heterocycles. The van der Waals surface area contributed by atoms with Crippen molar-refractivity contribution in [2.45, 2.75) is 19.3 Å². The van der Waals surface area contributed by atoms with E-state index in [0.717, 1.165) is 30.9 Å². The van der Waals surface area contributed by atoms with E-state index in [1.165, 1.54) is 17.7 Å². The van der Waals surface area contributed by atoms with Crippen LogP contribution in [-0.2, 0) is 6.42 Å². The molecule has 0 aromatic heterocycles. The molecule has 1 N–H and O–H groups in total. The minimum Gasteiger partial charge on any atom is -0.493 e. The number of anilines is 1. The zero-order valence-electron chi connectivity index (χ0n) is 12.2. The molecule has 21 heavy (non-hydrogen) atoms. The minimum absolute atomic E-state index is 0.672. The Kier molecular flexibility index (Phi) is 4.62. The average Bonchev–Trinajstić information content (AvgIpc) is 2.56. The van der Waals surface area contributed by atoms with Gasteiger partial charge in [-0.3, -0.25) is 0 Å². The van der Waals surface area contributed by atoms with Crippen molar-refractivity contribution in [3.8, 4) is 11.5 Å². The second-order valence-electron chi connectivity index (χ2n) is 5.18. The lowest BCUT2D eigenvalue weighted by atomic mass is 10.0. The summed E-state index contributed by atoms with van der Waals surface area (Å²) in [6.07, 6.45) is 3.20. The van der Waals surface area contributed by atoms with Crippen molar-refractivity contribution in [2.75, 3.05) is 25.1 Å². The van der Waals surface area contributed by atoms with E-state index in [2.05, 4.69) is 17.4 Å². The standard InChI is InChI=1S/C18H21NO2/c1-2-9-16(10-3-1)20-13-6-14-21-17-11-4-7-15-8-5-12-19-18(15)17/h1-4,7,9-11,19H,5-6,8,12-14H2. The van der Waals surface area contributed by atoms with E-state index >= 15 is 0 Å². The van der Waals surface area contributed by atoms with Crippen LogP contribution >= 0.6 is 0 Å². The highest BCUT2D eigenvalue weighted by Crippen LogP contribution is 2.31. The first kappa shape index (κ1) is 13.8. The van der Waals surface area contributed by atoms with E-state index in [9.17, 15) is 0 Å². The van der Waals surface area contributed by atoms with Crippen LogP contribution in [0, 0.1) is 0 Å². The lowest BCUT2D eigenvalue weighted by Crippen LogP contribution is -2.13. The van der Waals surface area contributed by atoms with Crippen molar-refractivity contribution in [2.24, 2.45) is 0 Å². The van der Waals surface area contributed by atoms with Crippen LogP contribution in [0.5, 0.6) is 11.5 Å². The van der Waals surface area contributed by atoms with E-state index in [4.69, 9.17) is 9.47 Å². The number of para-hydroxylation sites is 2. The van der Waals surface area contributed by atoms with Gasteiger partial charge in [0, 0.05) is 13.0 Å². The zero-order chi connectivity index (χ0) is 14.3. The van der Waals surface area contributed by atoms with Crippen LogP contribution < -0.4 is 14.8 Å². The van der Waals surface area contributed by atoms with Gasteiger partial charge < -0.3 is 14.8 Å². The molecule has 0 amide bonds. The Bertz CT molecular complexity index is 569. The van der Waals surface area contributed by atoms with Crippen molar-refractivity contribution < 1.29 is 9.47 Å². The predicted octanol–water partition coefficient (Wildman–Crippen LogP) is 3.89. The van der Waals surface area contributed by atoms with Crippen molar-refractivity contribution in [3.05, 3.63) is 54.1 Å². The maximum absolute atomic E-state index is 5.90. The van der Waals surface area contributed by atoms with Crippen molar-refractivity contribution in [1.82, 2.24) is 0 Å². The van der Waals surface area contributed by atoms with Gasteiger partial charge in [0.1, 0.15) is 11.5 Å². The predicted molar refractivity (Wildman–Crippen MR) is 85.3 cm³/mol. The fraction of sp³-hybridized carbons (Fsp3) is 0.333. The Balaban J connectivity index is 1.45. The van der Waals surface area contributed by atoms with Gasteiger partial charge in [0.15, 0.2) is 0 Å². The fourth-order valence-electron chi connectivity index (χ4n) is 2.55. The quantitative estimate of drug-likeness (QED) is 0.816. The van der Waals surface area contributed by atoms with Gasteiger partial charge in [-0.05, 0) is 36.6 Å². The van der Waals surface area contributed by atoms with Crippen LogP contribution in [-0.4, -0.2) is 19.8 Å². The van der Waals surface area contributed by atoms with Gasteiger partial charge in [-0.25, -0.2) is 0 Å². The summed E-state index contributed by atoms with van der Waals surface area (Å²) in [6, 6.07) is 16.2. The summed E-state index contributed by atoms with van der Waals surface area (Å²) < 4.78 is 11.6. The van der Waals surface area contributed by atoms with Gasteiger partial charge in [-0.15, -0.1) is 0 Å². The molecule has 2 aromatic rings. The second kappa shape index (κ2) is 7.02. The molecule has 3 nitrogen and oxygen atoms in total. The first-order valence-electron chi connectivity index (χ1n) is 7.60. The van der Waals surface area contributed by atoms with Gasteiger partial charge in [-0.1, -0.05) is 30.3 Å². The zero-order valence-corrected chi connectivity index (χ0v) is 12.2. The Morgan fingerprint density at radius 2 is 1.76 bits per heavy atom. The Hall–Kier alpha value is -2.16. The molecule has 1 aliphatic rings. The highest BCUT2D eigenvalue weighted by molar-refractivity contribution is 5.63. The molecule has 0 atom stereocenters. The van der Waals surface area contributed by atoms with Crippen molar-refractivity contribution >= 4 is 5.69 Å². The summed E-state index contributed by atoms with van der Waals surface area (Å²) in [4.78, 5) is 0.